The molecule has 0 aliphatic heterocycles. The molecule has 0 fully saturated rings. The second-order valence-corrected chi connectivity index (χ2v) is 5.52. The van der Waals surface area contributed by atoms with Gasteiger partial charge in [0, 0.05) is 5.02 Å². The first-order valence-electron chi connectivity index (χ1n) is 7.01. The van der Waals surface area contributed by atoms with Gasteiger partial charge in [-0.25, -0.2) is 0 Å². The summed E-state index contributed by atoms with van der Waals surface area (Å²) in [6, 6.07) is 16.4. The van der Waals surface area contributed by atoms with Crippen LogP contribution in [-0.2, 0) is 0 Å². The Balaban J connectivity index is 1.99. The highest BCUT2D eigenvalue weighted by molar-refractivity contribution is 6.31. The van der Waals surface area contributed by atoms with E-state index < -0.39 is 0 Å². The molecule has 3 rings (SSSR count). The number of hydrogen-bond acceptors (Lipinski definition) is 3. The normalized spacial score (nSPS) is 10.5. The first-order valence-corrected chi connectivity index (χ1v) is 7.39. The quantitative estimate of drug-likeness (QED) is 0.704. The Morgan fingerprint density at radius 3 is 2.43 bits per heavy atom. The van der Waals surface area contributed by atoms with Crippen LogP contribution in [0.2, 0.25) is 5.02 Å². The van der Waals surface area contributed by atoms with Crippen LogP contribution < -0.4 is 15.8 Å². The predicted octanol–water partition coefficient (Wildman–Crippen LogP) is 4.34. The average Bonchev–Trinajstić information content (AvgIpc) is 2.56. The van der Waals surface area contributed by atoms with Crippen molar-refractivity contribution in [2.75, 3.05) is 18.2 Å². The van der Waals surface area contributed by atoms with Gasteiger partial charge in [-0.2, -0.15) is 0 Å². The summed E-state index contributed by atoms with van der Waals surface area (Å²) >= 11 is 5.87. The number of benzene rings is 3. The Bertz CT molecular complexity index is 893. The van der Waals surface area contributed by atoms with Crippen molar-refractivity contribution in [2.45, 2.75) is 0 Å². The Labute approximate surface area is 138 Å². The molecule has 3 aromatic rings. The molecule has 1 amide bonds. The molecule has 4 nitrogen and oxygen atoms in total. The van der Waals surface area contributed by atoms with Crippen LogP contribution in [0, 0.1) is 0 Å². The first kappa shape index (κ1) is 15.2. The van der Waals surface area contributed by atoms with Gasteiger partial charge in [-0.1, -0.05) is 35.9 Å². The number of nitrogen functional groups attached to an aromatic ring is 1. The van der Waals surface area contributed by atoms with E-state index in [2.05, 4.69) is 5.32 Å². The Morgan fingerprint density at radius 2 is 1.78 bits per heavy atom. The zero-order valence-electron chi connectivity index (χ0n) is 12.5. The summed E-state index contributed by atoms with van der Waals surface area (Å²) in [4.78, 5) is 12.6. The number of rotatable bonds is 3. The smallest absolute Gasteiger partial charge is 0.259 e. The van der Waals surface area contributed by atoms with E-state index in [1.807, 2.05) is 30.3 Å². The Hall–Kier alpha value is -2.72. The van der Waals surface area contributed by atoms with Crippen molar-refractivity contribution in [3.8, 4) is 5.75 Å². The van der Waals surface area contributed by atoms with E-state index in [1.54, 1.807) is 24.3 Å². The number of methoxy groups -OCH3 is 1. The molecule has 0 unspecified atom stereocenters. The van der Waals surface area contributed by atoms with Crippen LogP contribution in [0.1, 0.15) is 10.4 Å². The Morgan fingerprint density at radius 1 is 1.09 bits per heavy atom. The molecule has 0 aromatic heterocycles. The molecule has 0 aliphatic carbocycles. The van der Waals surface area contributed by atoms with Gasteiger partial charge in [-0.15, -0.1) is 0 Å². The summed E-state index contributed by atoms with van der Waals surface area (Å²) in [7, 11) is 1.54. The molecule has 0 atom stereocenters. The number of hydrogen-bond donors (Lipinski definition) is 2. The fraction of sp³-hybridized carbons (Fsp3) is 0.0556. The van der Waals surface area contributed by atoms with Gasteiger partial charge in [0.15, 0.2) is 0 Å². The lowest BCUT2D eigenvalue weighted by atomic mass is 10.1. The number of ether oxygens (including phenoxy) is 1. The molecular weight excluding hydrogens is 312 g/mol. The lowest BCUT2D eigenvalue weighted by Gasteiger charge is -2.12. The molecule has 0 saturated heterocycles. The highest BCUT2D eigenvalue weighted by Gasteiger charge is 2.15. The van der Waals surface area contributed by atoms with Crippen LogP contribution in [0.25, 0.3) is 10.8 Å². The van der Waals surface area contributed by atoms with E-state index in [9.17, 15) is 4.79 Å². The van der Waals surface area contributed by atoms with Crippen LogP contribution in [0.4, 0.5) is 11.4 Å². The second kappa shape index (κ2) is 6.18. The van der Waals surface area contributed by atoms with Crippen molar-refractivity contribution in [1.82, 2.24) is 0 Å². The van der Waals surface area contributed by atoms with Crippen LogP contribution in [0.3, 0.4) is 0 Å². The van der Waals surface area contributed by atoms with Crippen LogP contribution in [-0.4, -0.2) is 13.0 Å². The minimum absolute atomic E-state index is 0.290. The van der Waals surface area contributed by atoms with Crippen molar-refractivity contribution in [1.29, 1.82) is 0 Å². The second-order valence-electron chi connectivity index (χ2n) is 5.09. The summed E-state index contributed by atoms with van der Waals surface area (Å²) in [5.74, 6) is 0.218. The molecule has 23 heavy (non-hydrogen) atoms. The number of carbonyl (C=O) groups excluding carboxylic acids is 1. The minimum atomic E-state index is -0.290. The molecule has 0 saturated carbocycles. The third-order valence-corrected chi connectivity index (χ3v) is 3.81. The van der Waals surface area contributed by atoms with E-state index in [-0.39, 0.29) is 5.91 Å². The summed E-state index contributed by atoms with van der Waals surface area (Å²) in [5.41, 5.74) is 7.24. The van der Waals surface area contributed by atoms with Crippen molar-refractivity contribution < 1.29 is 9.53 Å². The van der Waals surface area contributed by atoms with Crippen molar-refractivity contribution >= 4 is 39.7 Å². The monoisotopic (exact) mass is 326 g/mol. The van der Waals surface area contributed by atoms with Crippen LogP contribution in [0.5, 0.6) is 5.75 Å². The number of nitrogens with one attached hydrogen (secondary N) is 1. The highest BCUT2D eigenvalue weighted by atomic mass is 35.5. The maximum absolute atomic E-state index is 12.6. The largest absolute Gasteiger partial charge is 0.496 e. The maximum Gasteiger partial charge on any atom is 0.259 e. The SMILES string of the molecule is COc1cc2ccccc2cc1C(=O)Nc1ccc(Cl)cc1N. The Kier molecular flexibility index (Phi) is 4.08. The molecule has 5 heteroatoms. The maximum atomic E-state index is 12.6. The molecule has 116 valence electrons. The van der Waals surface area contributed by atoms with Gasteiger partial charge in [-0.3, -0.25) is 4.79 Å². The zero-order valence-corrected chi connectivity index (χ0v) is 13.2. The average molecular weight is 327 g/mol. The van der Waals surface area contributed by atoms with Gasteiger partial charge in [-0.05, 0) is 41.1 Å². The van der Waals surface area contributed by atoms with Crippen molar-refractivity contribution in [3.05, 3.63) is 65.2 Å². The molecular formula is C18H15ClN2O2. The number of amides is 1. The summed E-state index contributed by atoms with van der Waals surface area (Å²) in [6.07, 6.45) is 0. The summed E-state index contributed by atoms with van der Waals surface area (Å²) in [6.45, 7) is 0. The molecule has 0 heterocycles. The molecule has 0 aliphatic rings. The lowest BCUT2D eigenvalue weighted by Crippen LogP contribution is -2.14. The number of anilines is 2. The van der Waals surface area contributed by atoms with E-state index in [4.69, 9.17) is 22.1 Å². The number of nitrogens with two attached hydrogens (primary N) is 1. The zero-order chi connectivity index (χ0) is 16.4. The molecule has 3 N–H and O–H groups in total. The van der Waals surface area contributed by atoms with Crippen LogP contribution in [0.15, 0.2) is 54.6 Å². The van der Waals surface area contributed by atoms with E-state index >= 15 is 0 Å². The molecule has 0 spiro atoms. The number of halogens is 1. The third kappa shape index (κ3) is 3.07. The van der Waals surface area contributed by atoms with Crippen molar-refractivity contribution in [3.63, 3.8) is 0 Å². The fourth-order valence-electron chi connectivity index (χ4n) is 2.40. The van der Waals surface area contributed by atoms with E-state index in [0.717, 1.165) is 10.8 Å². The topological polar surface area (TPSA) is 64.3 Å². The first-order chi connectivity index (χ1) is 11.1. The van der Waals surface area contributed by atoms with Gasteiger partial charge in [0.05, 0.1) is 24.0 Å². The minimum Gasteiger partial charge on any atom is -0.496 e. The summed E-state index contributed by atoms with van der Waals surface area (Å²) < 4.78 is 5.35. The molecule has 0 bridgehead atoms. The van der Waals surface area contributed by atoms with Gasteiger partial charge < -0.3 is 15.8 Å². The van der Waals surface area contributed by atoms with Crippen LogP contribution >= 0.6 is 11.6 Å². The van der Waals surface area contributed by atoms with Gasteiger partial charge in [0.2, 0.25) is 0 Å². The van der Waals surface area contributed by atoms with E-state index in [1.165, 1.54) is 7.11 Å². The van der Waals surface area contributed by atoms with Gasteiger partial charge in [0.1, 0.15) is 5.75 Å². The summed E-state index contributed by atoms with van der Waals surface area (Å²) in [5, 5.41) is 5.28. The molecule has 3 aromatic carbocycles. The number of carbonyl (C=O) groups is 1. The highest BCUT2D eigenvalue weighted by Crippen LogP contribution is 2.28. The van der Waals surface area contributed by atoms with Gasteiger partial charge >= 0.3 is 0 Å². The third-order valence-electron chi connectivity index (χ3n) is 3.57. The van der Waals surface area contributed by atoms with E-state index in [0.29, 0.717) is 27.7 Å². The molecule has 0 radical (unpaired) electrons. The van der Waals surface area contributed by atoms with Crippen molar-refractivity contribution in [2.24, 2.45) is 0 Å². The number of fused-ring (bicyclic) bond motifs is 1. The lowest BCUT2D eigenvalue weighted by molar-refractivity contribution is 0.102. The standard InChI is InChI=1S/C18H15ClN2O2/c1-23-17-9-12-5-3-2-4-11(12)8-14(17)18(22)21-16-7-6-13(19)10-15(16)20/h2-10H,20H2,1H3,(H,21,22). The predicted molar refractivity (Wildman–Crippen MR) is 94.3 cm³/mol. The fourth-order valence-corrected chi connectivity index (χ4v) is 2.58. The van der Waals surface area contributed by atoms with Gasteiger partial charge in [0.25, 0.3) is 5.91 Å².